The molecule has 0 radical (unpaired) electrons. The predicted molar refractivity (Wildman–Crippen MR) is 32.8 cm³/mol. The van der Waals surface area contributed by atoms with Gasteiger partial charge in [-0.05, 0) is 0 Å². The van der Waals surface area contributed by atoms with Crippen LogP contribution in [0.2, 0.25) is 0 Å². The first kappa shape index (κ1) is 10.8. The number of ether oxygens (including phenoxy) is 1. The van der Waals surface area contributed by atoms with E-state index in [1.54, 1.807) is 14.1 Å². The Kier molecular flexibility index (Phi) is 12.1. The molecule has 0 atom stereocenters. The maximum atomic E-state index is 9.43. The number of amides is 1. The molecular formula is C5H11NO3. The topological polar surface area (TPSA) is 46.6 Å². The summed E-state index contributed by atoms with van der Waals surface area (Å²) in [6, 6.07) is 0. The molecule has 54 valence electrons. The first-order valence-electron chi connectivity index (χ1n) is 2.27. The number of hydrogen-bond acceptors (Lipinski definition) is 3. The Morgan fingerprint density at radius 1 is 1.33 bits per heavy atom. The van der Waals surface area contributed by atoms with Gasteiger partial charge < -0.3 is 9.64 Å². The van der Waals surface area contributed by atoms with Crippen molar-refractivity contribution in [2.24, 2.45) is 0 Å². The third-order valence-corrected chi connectivity index (χ3v) is 0.307. The first-order chi connectivity index (χ1) is 4.18. The molecule has 4 heteroatoms. The Morgan fingerprint density at radius 2 is 1.56 bits per heavy atom. The molecule has 0 saturated heterocycles. The van der Waals surface area contributed by atoms with Crippen molar-refractivity contribution in [1.82, 2.24) is 4.90 Å². The summed E-state index contributed by atoms with van der Waals surface area (Å²) in [4.78, 5) is 19.8. The van der Waals surface area contributed by atoms with E-state index in [9.17, 15) is 4.79 Å². The van der Waals surface area contributed by atoms with Gasteiger partial charge in [0.25, 0.3) is 6.47 Å². The van der Waals surface area contributed by atoms with Crippen LogP contribution in [0.3, 0.4) is 0 Å². The first-order valence-corrected chi connectivity index (χ1v) is 2.27. The van der Waals surface area contributed by atoms with Crippen LogP contribution >= 0.6 is 0 Å². The molecule has 0 spiro atoms. The fraction of sp³-hybridized carbons (Fsp3) is 0.600. The molecule has 0 aliphatic carbocycles. The second-order valence-corrected chi connectivity index (χ2v) is 1.40. The highest BCUT2D eigenvalue weighted by Crippen LogP contribution is 1.52. The molecule has 1 amide bonds. The van der Waals surface area contributed by atoms with Crippen molar-refractivity contribution in [1.29, 1.82) is 0 Å². The monoisotopic (exact) mass is 133 g/mol. The van der Waals surface area contributed by atoms with Gasteiger partial charge in [-0.1, -0.05) is 0 Å². The number of rotatable bonds is 2. The van der Waals surface area contributed by atoms with E-state index in [2.05, 4.69) is 4.74 Å². The lowest BCUT2D eigenvalue weighted by Gasteiger charge is -1.93. The molecular weight excluding hydrogens is 122 g/mol. The summed E-state index contributed by atoms with van der Waals surface area (Å²) < 4.78 is 3.86. The smallest absolute Gasteiger partial charge is 0.292 e. The van der Waals surface area contributed by atoms with Gasteiger partial charge in [0, 0.05) is 14.1 Å². The lowest BCUT2D eigenvalue weighted by atomic mass is 11.0. The van der Waals surface area contributed by atoms with E-state index in [0.717, 1.165) is 6.41 Å². The molecule has 0 N–H and O–H groups in total. The zero-order valence-corrected chi connectivity index (χ0v) is 5.83. The van der Waals surface area contributed by atoms with Crippen molar-refractivity contribution in [2.45, 2.75) is 0 Å². The maximum absolute atomic E-state index is 9.43. The number of methoxy groups -OCH3 is 1. The van der Waals surface area contributed by atoms with Crippen LogP contribution < -0.4 is 0 Å². The summed E-state index contributed by atoms with van der Waals surface area (Å²) >= 11 is 0. The molecule has 0 aromatic carbocycles. The lowest BCUT2D eigenvalue weighted by molar-refractivity contribution is -0.126. The molecule has 0 aromatic heterocycles. The van der Waals surface area contributed by atoms with Gasteiger partial charge in [0.15, 0.2) is 0 Å². The van der Waals surface area contributed by atoms with Crippen LogP contribution in [0.25, 0.3) is 0 Å². The van der Waals surface area contributed by atoms with Gasteiger partial charge in [0.1, 0.15) is 0 Å². The second kappa shape index (κ2) is 10.0. The van der Waals surface area contributed by atoms with Gasteiger partial charge in [0.05, 0.1) is 7.11 Å². The standard InChI is InChI=1S/C3H7NO.C2H4O2/c1-4(2)3-5;1-4-2-3/h3H,1-2H3;2H,1H3. The summed E-state index contributed by atoms with van der Waals surface area (Å²) in [5.74, 6) is 0. The van der Waals surface area contributed by atoms with Gasteiger partial charge in [-0.3, -0.25) is 9.59 Å². The van der Waals surface area contributed by atoms with Crippen molar-refractivity contribution in [3.8, 4) is 0 Å². The van der Waals surface area contributed by atoms with Crippen molar-refractivity contribution in [3.63, 3.8) is 0 Å². The summed E-state index contributed by atoms with van der Waals surface area (Å²) in [5.41, 5.74) is 0. The molecule has 0 fully saturated rings. The molecule has 0 rings (SSSR count). The number of carbonyl (C=O) groups excluding carboxylic acids is 2. The van der Waals surface area contributed by atoms with E-state index in [4.69, 9.17) is 4.79 Å². The summed E-state index contributed by atoms with van der Waals surface area (Å²) in [6.07, 6.45) is 0.750. The maximum Gasteiger partial charge on any atom is 0.292 e. The highest BCUT2D eigenvalue weighted by atomic mass is 16.5. The number of carbonyl (C=O) groups is 2. The number of nitrogens with zero attached hydrogens (tertiary/aromatic N) is 1. The molecule has 4 nitrogen and oxygen atoms in total. The predicted octanol–water partition coefficient (Wildman–Crippen LogP) is -0.506. The minimum atomic E-state index is 0.375. The van der Waals surface area contributed by atoms with E-state index < -0.39 is 0 Å². The van der Waals surface area contributed by atoms with Crippen LogP contribution in [0.4, 0.5) is 0 Å². The molecule has 0 heterocycles. The Bertz CT molecular complexity index is 72.6. The Balaban J connectivity index is 0. The Morgan fingerprint density at radius 3 is 1.56 bits per heavy atom. The van der Waals surface area contributed by atoms with E-state index in [1.807, 2.05) is 0 Å². The molecule has 0 aromatic rings. The SMILES string of the molecule is CN(C)C=O.COC=O. The van der Waals surface area contributed by atoms with E-state index in [0.29, 0.717) is 6.47 Å². The van der Waals surface area contributed by atoms with Crippen molar-refractivity contribution < 1.29 is 14.3 Å². The normalized spacial score (nSPS) is 6.11. The number of hydrogen-bond donors (Lipinski definition) is 0. The van der Waals surface area contributed by atoms with Gasteiger partial charge >= 0.3 is 0 Å². The average molecular weight is 133 g/mol. The van der Waals surface area contributed by atoms with Crippen LogP contribution in [0, 0.1) is 0 Å². The quantitative estimate of drug-likeness (QED) is 0.477. The van der Waals surface area contributed by atoms with Crippen molar-refractivity contribution in [3.05, 3.63) is 0 Å². The largest absolute Gasteiger partial charge is 0.471 e. The molecule has 9 heavy (non-hydrogen) atoms. The van der Waals surface area contributed by atoms with Gasteiger partial charge in [0.2, 0.25) is 6.41 Å². The van der Waals surface area contributed by atoms with Crippen LogP contribution in [-0.4, -0.2) is 39.0 Å². The Hall–Kier alpha value is -1.06. The van der Waals surface area contributed by atoms with Crippen molar-refractivity contribution >= 4 is 12.9 Å². The third kappa shape index (κ3) is 45.0. The third-order valence-electron chi connectivity index (χ3n) is 0.307. The molecule has 0 unspecified atom stereocenters. The zero-order valence-electron chi connectivity index (χ0n) is 5.83. The minimum absolute atomic E-state index is 0.375. The van der Waals surface area contributed by atoms with E-state index in [1.165, 1.54) is 12.0 Å². The fourth-order valence-electron chi connectivity index (χ4n) is 0. The minimum Gasteiger partial charge on any atom is -0.471 e. The Labute approximate surface area is 54.4 Å². The summed E-state index contributed by atoms with van der Waals surface area (Å²) in [5, 5.41) is 0. The fourth-order valence-corrected chi connectivity index (χ4v) is 0. The van der Waals surface area contributed by atoms with Gasteiger partial charge in [-0.2, -0.15) is 0 Å². The highest BCUT2D eigenvalue weighted by molar-refractivity contribution is 5.45. The van der Waals surface area contributed by atoms with Crippen LogP contribution in [-0.2, 0) is 14.3 Å². The molecule has 0 bridgehead atoms. The lowest BCUT2D eigenvalue weighted by Crippen LogP contribution is -2.06. The summed E-state index contributed by atoms with van der Waals surface area (Å²) in [6.45, 7) is 0.375. The zero-order chi connectivity index (χ0) is 7.70. The van der Waals surface area contributed by atoms with Crippen LogP contribution in [0.5, 0.6) is 0 Å². The average Bonchev–Trinajstić information content (AvgIpc) is 1.89. The molecule has 0 aliphatic heterocycles. The van der Waals surface area contributed by atoms with Crippen LogP contribution in [0.1, 0.15) is 0 Å². The van der Waals surface area contributed by atoms with Gasteiger partial charge in [-0.15, -0.1) is 0 Å². The second-order valence-electron chi connectivity index (χ2n) is 1.40. The molecule has 0 aliphatic rings. The highest BCUT2D eigenvalue weighted by Gasteiger charge is 1.68. The molecule has 0 saturated carbocycles. The van der Waals surface area contributed by atoms with E-state index >= 15 is 0 Å². The van der Waals surface area contributed by atoms with Gasteiger partial charge in [-0.25, -0.2) is 0 Å². The van der Waals surface area contributed by atoms with E-state index in [-0.39, 0.29) is 0 Å². The van der Waals surface area contributed by atoms with Crippen LogP contribution in [0.15, 0.2) is 0 Å². The summed E-state index contributed by atoms with van der Waals surface area (Å²) in [7, 11) is 4.69. The van der Waals surface area contributed by atoms with Crippen molar-refractivity contribution in [2.75, 3.05) is 21.2 Å².